The summed E-state index contributed by atoms with van der Waals surface area (Å²) >= 11 is 4.10. The lowest BCUT2D eigenvalue weighted by Crippen LogP contribution is -2.12. The zero-order valence-electron chi connectivity index (χ0n) is 9.45. The largest absolute Gasteiger partial charge is 0.384 e. The number of hydrogen-bond donors (Lipinski definition) is 2. The molecule has 0 unspecified atom stereocenters. The fourth-order valence-corrected chi connectivity index (χ4v) is 2.34. The molecule has 1 aromatic heterocycles. The van der Waals surface area contributed by atoms with Gasteiger partial charge in [0, 0.05) is 16.2 Å². The fraction of sp³-hybridized carbons (Fsp3) is 0. The standard InChI is InChI=1S/C12H8BrF2N3S/c13-7-1-2-10(18-5-7)19-11-8(14)3-6(12(16)17)4-9(11)15/h1-5H,(H3,16,17). The summed E-state index contributed by atoms with van der Waals surface area (Å²) in [7, 11) is 0. The highest BCUT2D eigenvalue weighted by molar-refractivity contribution is 9.10. The third-order valence-electron chi connectivity index (χ3n) is 2.22. The number of aromatic nitrogens is 1. The average molecular weight is 344 g/mol. The van der Waals surface area contributed by atoms with Gasteiger partial charge in [-0.05, 0) is 40.2 Å². The zero-order chi connectivity index (χ0) is 14.0. The molecule has 7 heteroatoms. The number of halogens is 3. The van der Waals surface area contributed by atoms with E-state index in [-0.39, 0.29) is 16.3 Å². The van der Waals surface area contributed by atoms with Crippen LogP contribution in [0.15, 0.2) is 44.9 Å². The molecule has 2 rings (SSSR count). The number of nitrogen functional groups attached to an aromatic ring is 1. The second kappa shape index (κ2) is 5.66. The maximum atomic E-state index is 13.8. The highest BCUT2D eigenvalue weighted by atomic mass is 79.9. The molecule has 0 spiro atoms. The fourth-order valence-electron chi connectivity index (χ4n) is 1.34. The van der Waals surface area contributed by atoms with Crippen LogP contribution in [0.25, 0.3) is 0 Å². The smallest absolute Gasteiger partial charge is 0.140 e. The van der Waals surface area contributed by atoms with Gasteiger partial charge in [0.1, 0.15) is 22.5 Å². The Labute approximate surface area is 120 Å². The van der Waals surface area contributed by atoms with Crippen molar-refractivity contribution in [3.05, 3.63) is 52.1 Å². The molecule has 0 aliphatic rings. The summed E-state index contributed by atoms with van der Waals surface area (Å²) < 4.78 is 28.4. The van der Waals surface area contributed by atoms with E-state index < -0.39 is 11.6 Å². The molecule has 1 aromatic carbocycles. The summed E-state index contributed by atoms with van der Waals surface area (Å²) in [6.45, 7) is 0. The molecule has 0 saturated carbocycles. The van der Waals surface area contributed by atoms with Crippen molar-refractivity contribution >= 4 is 33.5 Å². The van der Waals surface area contributed by atoms with Gasteiger partial charge < -0.3 is 5.73 Å². The predicted octanol–water partition coefficient (Wildman–Crippen LogP) is 3.56. The summed E-state index contributed by atoms with van der Waals surface area (Å²) in [6, 6.07) is 5.45. The third-order valence-corrected chi connectivity index (χ3v) is 3.73. The van der Waals surface area contributed by atoms with Crippen LogP contribution in [-0.2, 0) is 0 Å². The Morgan fingerprint density at radius 3 is 2.37 bits per heavy atom. The molecule has 2 aromatic rings. The van der Waals surface area contributed by atoms with Crippen molar-refractivity contribution in [2.24, 2.45) is 5.73 Å². The van der Waals surface area contributed by atoms with Crippen molar-refractivity contribution in [2.45, 2.75) is 9.92 Å². The molecule has 0 amide bonds. The lowest BCUT2D eigenvalue weighted by molar-refractivity contribution is 0.540. The zero-order valence-corrected chi connectivity index (χ0v) is 11.9. The SMILES string of the molecule is N=C(N)c1cc(F)c(Sc2ccc(Br)cn2)c(F)c1. The van der Waals surface area contributed by atoms with Crippen molar-refractivity contribution in [1.29, 1.82) is 5.41 Å². The van der Waals surface area contributed by atoms with E-state index in [1.165, 1.54) is 0 Å². The Morgan fingerprint density at radius 1 is 1.26 bits per heavy atom. The molecule has 98 valence electrons. The number of amidine groups is 1. The number of hydrogen-bond acceptors (Lipinski definition) is 3. The minimum atomic E-state index is -0.764. The van der Waals surface area contributed by atoms with E-state index in [4.69, 9.17) is 11.1 Å². The van der Waals surface area contributed by atoms with Gasteiger partial charge in [-0.15, -0.1) is 0 Å². The van der Waals surface area contributed by atoms with Gasteiger partial charge in [-0.2, -0.15) is 0 Å². The Morgan fingerprint density at radius 2 is 1.89 bits per heavy atom. The van der Waals surface area contributed by atoms with Gasteiger partial charge in [0.25, 0.3) is 0 Å². The van der Waals surface area contributed by atoms with Crippen LogP contribution in [-0.4, -0.2) is 10.8 Å². The normalized spacial score (nSPS) is 10.5. The van der Waals surface area contributed by atoms with Gasteiger partial charge >= 0.3 is 0 Å². The number of nitrogens with zero attached hydrogens (tertiary/aromatic N) is 1. The topological polar surface area (TPSA) is 62.8 Å². The van der Waals surface area contributed by atoms with Crippen LogP contribution < -0.4 is 5.73 Å². The third kappa shape index (κ3) is 3.30. The first-order valence-electron chi connectivity index (χ1n) is 5.10. The van der Waals surface area contributed by atoms with Gasteiger partial charge in [-0.1, -0.05) is 11.8 Å². The van der Waals surface area contributed by atoms with Gasteiger partial charge in [-0.25, -0.2) is 13.8 Å². The molecule has 0 atom stereocenters. The average Bonchev–Trinajstić information content (AvgIpc) is 2.35. The van der Waals surface area contributed by atoms with Crippen molar-refractivity contribution in [2.75, 3.05) is 0 Å². The lowest BCUT2D eigenvalue weighted by Gasteiger charge is -2.06. The maximum absolute atomic E-state index is 13.8. The minimum absolute atomic E-state index is 0.0168. The molecule has 0 bridgehead atoms. The number of nitrogens with two attached hydrogens (primary N) is 1. The Bertz CT molecular complexity index is 608. The number of benzene rings is 1. The summed E-state index contributed by atoms with van der Waals surface area (Å²) in [6.07, 6.45) is 1.54. The van der Waals surface area contributed by atoms with Crippen LogP contribution in [0.3, 0.4) is 0 Å². The quantitative estimate of drug-likeness (QED) is 0.661. The van der Waals surface area contributed by atoms with Crippen LogP contribution in [0.1, 0.15) is 5.56 Å². The van der Waals surface area contributed by atoms with E-state index in [1.807, 2.05) is 0 Å². The van der Waals surface area contributed by atoms with E-state index in [1.54, 1.807) is 18.3 Å². The van der Waals surface area contributed by atoms with E-state index in [2.05, 4.69) is 20.9 Å². The minimum Gasteiger partial charge on any atom is -0.384 e. The first-order valence-corrected chi connectivity index (χ1v) is 6.71. The van der Waals surface area contributed by atoms with E-state index in [0.717, 1.165) is 28.4 Å². The molecule has 0 saturated heterocycles. The van der Waals surface area contributed by atoms with Gasteiger partial charge in [0.05, 0.1) is 4.90 Å². The molecule has 0 aliphatic heterocycles. The molecule has 3 N–H and O–H groups in total. The van der Waals surface area contributed by atoms with Crippen LogP contribution in [0.2, 0.25) is 0 Å². The summed E-state index contributed by atoms with van der Waals surface area (Å²) in [5.74, 6) is -1.91. The molecule has 0 aliphatic carbocycles. The van der Waals surface area contributed by atoms with Gasteiger partial charge in [0.15, 0.2) is 0 Å². The Balaban J connectivity index is 2.35. The molecule has 3 nitrogen and oxygen atoms in total. The van der Waals surface area contributed by atoms with Crippen LogP contribution >= 0.6 is 27.7 Å². The van der Waals surface area contributed by atoms with E-state index in [0.29, 0.717) is 5.03 Å². The number of pyridine rings is 1. The highest BCUT2D eigenvalue weighted by Gasteiger charge is 2.14. The first-order chi connectivity index (χ1) is 8.97. The summed E-state index contributed by atoms with van der Waals surface area (Å²) in [4.78, 5) is 3.86. The number of nitrogens with one attached hydrogen (secondary N) is 1. The lowest BCUT2D eigenvalue weighted by atomic mass is 10.2. The van der Waals surface area contributed by atoms with Crippen molar-refractivity contribution in [3.8, 4) is 0 Å². The number of rotatable bonds is 3. The van der Waals surface area contributed by atoms with Crippen LogP contribution in [0.5, 0.6) is 0 Å². The summed E-state index contributed by atoms with van der Waals surface area (Å²) in [5, 5.41) is 7.63. The second-order valence-corrected chi connectivity index (χ2v) is 5.55. The molecule has 1 heterocycles. The Kier molecular flexibility index (Phi) is 4.16. The first kappa shape index (κ1) is 14.0. The molecule has 0 radical (unpaired) electrons. The van der Waals surface area contributed by atoms with Crippen LogP contribution in [0.4, 0.5) is 8.78 Å². The molecule has 19 heavy (non-hydrogen) atoms. The van der Waals surface area contributed by atoms with Crippen molar-refractivity contribution in [3.63, 3.8) is 0 Å². The van der Waals surface area contributed by atoms with Gasteiger partial charge in [-0.3, -0.25) is 5.41 Å². The Hall–Kier alpha value is -1.47. The van der Waals surface area contributed by atoms with Crippen molar-refractivity contribution in [1.82, 2.24) is 4.98 Å². The molecule has 0 fully saturated rings. The van der Waals surface area contributed by atoms with Crippen LogP contribution in [0, 0.1) is 17.0 Å². The molecular weight excluding hydrogens is 336 g/mol. The predicted molar refractivity (Wildman–Crippen MR) is 73.4 cm³/mol. The highest BCUT2D eigenvalue weighted by Crippen LogP contribution is 2.31. The maximum Gasteiger partial charge on any atom is 0.140 e. The second-order valence-electron chi connectivity index (χ2n) is 3.60. The van der Waals surface area contributed by atoms with Crippen molar-refractivity contribution < 1.29 is 8.78 Å². The molecular formula is C12H8BrF2N3S. The van der Waals surface area contributed by atoms with E-state index in [9.17, 15) is 8.78 Å². The monoisotopic (exact) mass is 343 g/mol. The summed E-state index contributed by atoms with van der Waals surface area (Å²) in [5.41, 5.74) is 5.21. The van der Waals surface area contributed by atoms with Gasteiger partial charge in [0.2, 0.25) is 0 Å². The van der Waals surface area contributed by atoms with E-state index >= 15 is 0 Å².